The zero-order valence-corrected chi connectivity index (χ0v) is 14.5. The SMILES string of the molecule is CNC(=O)c1ccc(C=CC(=O)NCc2ccc(Cl)cc2Cl)cc1. The summed E-state index contributed by atoms with van der Waals surface area (Å²) in [5.74, 6) is -0.389. The molecule has 0 aliphatic rings. The van der Waals surface area contributed by atoms with Crippen molar-refractivity contribution in [3.63, 3.8) is 0 Å². The lowest BCUT2D eigenvalue weighted by molar-refractivity contribution is -0.116. The van der Waals surface area contributed by atoms with E-state index in [4.69, 9.17) is 23.2 Å². The van der Waals surface area contributed by atoms with Gasteiger partial charge in [-0.2, -0.15) is 0 Å². The third-order valence-corrected chi connectivity index (χ3v) is 3.88. The van der Waals surface area contributed by atoms with Gasteiger partial charge >= 0.3 is 0 Å². The van der Waals surface area contributed by atoms with E-state index in [1.165, 1.54) is 6.08 Å². The monoisotopic (exact) mass is 362 g/mol. The molecule has 2 rings (SSSR count). The molecule has 0 radical (unpaired) electrons. The van der Waals surface area contributed by atoms with Crippen LogP contribution in [0, 0.1) is 0 Å². The van der Waals surface area contributed by atoms with E-state index in [0.717, 1.165) is 11.1 Å². The fourth-order valence-corrected chi connectivity index (χ4v) is 2.44. The number of carbonyl (C=O) groups excluding carboxylic acids is 2. The highest BCUT2D eigenvalue weighted by molar-refractivity contribution is 6.35. The molecular weight excluding hydrogens is 347 g/mol. The van der Waals surface area contributed by atoms with Gasteiger partial charge in [-0.1, -0.05) is 41.4 Å². The van der Waals surface area contributed by atoms with Crippen LogP contribution < -0.4 is 10.6 Å². The smallest absolute Gasteiger partial charge is 0.251 e. The molecular formula is C18H16Cl2N2O2. The summed E-state index contributed by atoms with van der Waals surface area (Å²) < 4.78 is 0. The van der Waals surface area contributed by atoms with Crippen LogP contribution >= 0.6 is 23.2 Å². The summed E-state index contributed by atoms with van der Waals surface area (Å²) in [6.45, 7) is 0.314. The number of hydrogen-bond donors (Lipinski definition) is 2. The van der Waals surface area contributed by atoms with Crippen molar-refractivity contribution in [3.8, 4) is 0 Å². The van der Waals surface area contributed by atoms with Crippen molar-refractivity contribution in [2.45, 2.75) is 6.54 Å². The Bertz CT molecular complexity index is 771. The van der Waals surface area contributed by atoms with Gasteiger partial charge < -0.3 is 10.6 Å². The lowest BCUT2D eigenvalue weighted by Crippen LogP contribution is -2.20. The summed E-state index contributed by atoms with van der Waals surface area (Å²) in [6.07, 6.45) is 3.10. The van der Waals surface area contributed by atoms with E-state index in [1.54, 1.807) is 55.6 Å². The molecule has 124 valence electrons. The minimum Gasteiger partial charge on any atom is -0.355 e. The van der Waals surface area contributed by atoms with Crippen LogP contribution in [0.4, 0.5) is 0 Å². The van der Waals surface area contributed by atoms with Gasteiger partial charge in [-0.15, -0.1) is 0 Å². The number of carbonyl (C=O) groups is 2. The van der Waals surface area contributed by atoms with Gasteiger partial charge in [0.2, 0.25) is 5.91 Å². The largest absolute Gasteiger partial charge is 0.355 e. The maximum atomic E-state index is 11.9. The molecule has 0 unspecified atom stereocenters. The van der Waals surface area contributed by atoms with E-state index in [1.807, 2.05) is 0 Å². The molecule has 0 aromatic heterocycles. The molecule has 0 spiro atoms. The molecule has 0 aliphatic heterocycles. The fraction of sp³-hybridized carbons (Fsp3) is 0.111. The molecule has 24 heavy (non-hydrogen) atoms. The van der Waals surface area contributed by atoms with Crippen LogP contribution in [0.3, 0.4) is 0 Å². The van der Waals surface area contributed by atoms with Crippen LogP contribution in [0.15, 0.2) is 48.5 Å². The molecule has 0 heterocycles. The van der Waals surface area contributed by atoms with Crippen LogP contribution in [-0.4, -0.2) is 18.9 Å². The lowest BCUT2D eigenvalue weighted by atomic mass is 10.1. The molecule has 0 saturated carbocycles. The van der Waals surface area contributed by atoms with E-state index in [-0.39, 0.29) is 11.8 Å². The quantitative estimate of drug-likeness (QED) is 0.797. The molecule has 0 fully saturated rings. The zero-order valence-electron chi connectivity index (χ0n) is 13.0. The standard InChI is InChI=1S/C18H16Cl2N2O2/c1-21-18(24)13-5-2-12(3-6-13)4-9-17(23)22-11-14-7-8-15(19)10-16(14)20/h2-10H,11H2,1H3,(H,21,24)(H,22,23). The second-order valence-corrected chi connectivity index (χ2v) is 5.83. The van der Waals surface area contributed by atoms with Gasteiger partial charge in [-0.3, -0.25) is 9.59 Å². The second kappa shape index (κ2) is 8.52. The molecule has 2 aromatic rings. The van der Waals surface area contributed by atoms with Crippen LogP contribution in [0.1, 0.15) is 21.5 Å². The first-order valence-electron chi connectivity index (χ1n) is 7.21. The third-order valence-electron chi connectivity index (χ3n) is 3.30. The summed E-state index contributed by atoms with van der Waals surface area (Å²) in [5.41, 5.74) is 2.18. The molecule has 0 bridgehead atoms. The molecule has 6 heteroatoms. The Hall–Kier alpha value is -2.30. The number of benzene rings is 2. The number of hydrogen-bond acceptors (Lipinski definition) is 2. The van der Waals surface area contributed by atoms with E-state index in [0.29, 0.717) is 22.2 Å². The molecule has 2 N–H and O–H groups in total. The zero-order chi connectivity index (χ0) is 17.5. The molecule has 4 nitrogen and oxygen atoms in total. The van der Waals surface area contributed by atoms with Gasteiger partial charge in [-0.25, -0.2) is 0 Å². The molecule has 0 aliphatic carbocycles. The highest BCUT2D eigenvalue weighted by Crippen LogP contribution is 2.20. The van der Waals surface area contributed by atoms with Crippen LogP contribution in [0.25, 0.3) is 6.08 Å². The van der Waals surface area contributed by atoms with Gasteiger partial charge in [0.05, 0.1) is 0 Å². The first-order valence-corrected chi connectivity index (χ1v) is 7.97. The summed E-state index contributed by atoms with van der Waals surface area (Å²) in [6, 6.07) is 12.1. The Morgan fingerprint density at radius 1 is 1.08 bits per heavy atom. The first kappa shape index (κ1) is 18.0. The second-order valence-electron chi connectivity index (χ2n) is 4.99. The minimum atomic E-state index is -0.239. The number of amides is 2. The number of nitrogens with one attached hydrogen (secondary N) is 2. The minimum absolute atomic E-state index is 0.150. The highest BCUT2D eigenvalue weighted by Gasteiger charge is 2.03. The first-order chi connectivity index (χ1) is 11.5. The summed E-state index contributed by atoms with van der Waals surface area (Å²) in [5, 5.41) is 6.36. The predicted molar refractivity (Wildman–Crippen MR) is 97.2 cm³/mol. The highest BCUT2D eigenvalue weighted by atomic mass is 35.5. The number of halogens is 2. The van der Waals surface area contributed by atoms with Gasteiger partial charge in [0, 0.05) is 35.3 Å². The van der Waals surface area contributed by atoms with Gasteiger partial charge in [0.15, 0.2) is 0 Å². The molecule has 2 amide bonds. The van der Waals surface area contributed by atoms with E-state index in [9.17, 15) is 9.59 Å². The van der Waals surface area contributed by atoms with Crippen molar-refractivity contribution in [2.24, 2.45) is 0 Å². The maximum Gasteiger partial charge on any atom is 0.251 e. The van der Waals surface area contributed by atoms with Crippen molar-refractivity contribution in [1.82, 2.24) is 10.6 Å². The molecule has 0 saturated heterocycles. The maximum absolute atomic E-state index is 11.9. The van der Waals surface area contributed by atoms with Crippen molar-refractivity contribution >= 4 is 41.1 Å². The lowest BCUT2D eigenvalue weighted by Gasteiger charge is -2.05. The van der Waals surface area contributed by atoms with Crippen molar-refractivity contribution in [1.29, 1.82) is 0 Å². The third kappa shape index (κ3) is 5.11. The summed E-state index contributed by atoms with van der Waals surface area (Å²) in [7, 11) is 1.58. The topological polar surface area (TPSA) is 58.2 Å². The van der Waals surface area contributed by atoms with Crippen molar-refractivity contribution in [3.05, 3.63) is 75.3 Å². The normalized spacial score (nSPS) is 10.6. The Labute approximate surface area is 150 Å². The molecule has 0 atom stereocenters. The van der Waals surface area contributed by atoms with Crippen molar-refractivity contribution in [2.75, 3.05) is 7.05 Å². The van der Waals surface area contributed by atoms with Crippen LogP contribution in [0.5, 0.6) is 0 Å². The van der Waals surface area contributed by atoms with Crippen molar-refractivity contribution < 1.29 is 9.59 Å². The Morgan fingerprint density at radius 2 is 1.79 bits per heavy atom. The fourth-order valence-electron chi connectivity index (χ4n) is 1.97. The predicted octanol–water partition coefficient (Wildman–Crippen LogP) is 3.68. The number of rotatable bonds is 5. The van der Waals surface area contributed by atoms with Gasteiger partial charge in [0.1, 0.15) is 0 Å². The van der Waals surface area contributed by atoms with Gasteiger partial charge in [0.25, 0.3) is 5.91 Å². The van der Waals surface area contributed by atoms with E-state index < -0.39 is 0 Å². The van der Waals surface area contributed by atoms with Gasteiger partial charge in [-0.05, 0) is 41.5 Å². The molecule has 2 aromatic carbocycles. The average Bonchev–Trinajstić information content (AvgIpc) is 2.59. The Balaban J connectivity index is 1.91. The Kier molecular flexibility index (Phi) is 6.41. The average molecular weight is 363 g/mol. The van der Waals surface area contributed by atoms with E-state index in [2.05, 4.69) is 10.6 Å². The Morgan fingerprint density at radius 3 is 2.42 bits per heavy atom. The summed E-state index contributed by atoms with van der Waals surface area (Å²) >= 11 is 11.9. The van der Waals surface area contributed by atoms with Crippen LogP contribution in [0.2, 0.25) is 10.0 Å². The van der Waals surface area contributed by atoms with E-state index >= 15 is 0 Å². The summed E-state index contributed by atoms with van der Waals surface area (Å²) in [4.78, 5) is 23.3. The van der Waals surface area contributed by atoms with Crippen LogP contribution in [-0.2, 0) is 11.3 Å².